The van der Waals surface area contributed by atoms with Gasteiger partial charge in [-0.15, -0.1) is 6.42 Å². The summed E-state index contributed by atoms with van der Waals surface area (Å²) in [6, 6.07) is 14.3. The predicted octanol–water partition coefficient (Wildman–Crippen LogP) is 4.55. The van der Waals surface area contributed by atoms with E-state index in [9.17, 15) is 4.79 Å². The van der Waals surface area contributed by atoms with Crippen molar-refractivity contribution in [2.24, 2.45) is 0 Å². The lowest BCUT2D eigenvalue weighted by atomic mass is 10.1. The molecule has 0 aromatic heterocycles. The average molecular weight is 313 g/mol. The lowest BCUT2D eigenvalue weighted by molar-refractivity contribution is 0.208. The van der Waals surface area contributed by atoms with Crippen LogP contribution < -0.4 is 5.32 Å². The number of carbonyl (C=O) groups is 1. The minimum absolute atomic E-state index is 0.149. The van der Waals surface area contributed by atoms with Crippen molar-refractivity contribution in [1.82, 2.24) is 4.90 Å². The number of nitrogens with zero attached hydrogens (tertiary/aromatic N) is 1. The molecule has 1 atom stereocenters. The predicted molar refractivity (Wildman–Crippen MR) is 91.0 cm³/mol. The zero-order valence-corrected chi connectivity index (χ0v) is 13.3. The third kappa shape index (κ3) is 3.60. The van der Waals surface area contributed by atoms with Crippen LogP contribution in [0.4, 0.5) is 10.5 Å². The standard InChI is InChI=1S/C18H17ClN2O/c1-4-14-8-7-9-15(12-14)20-18(22)21(3)13(2)16-10-5-6-11-17(16)19/h1,5-13H,2-3H3,(H,20,22). The molecule has 0 radical (unpaired) electrons. The number of hydrogen-bond acceptors (Lipinski definition) is 1. The number of urea groups is 1. The van der Waals surface area contributed by atoms with Crippen LogP contribution in [0.15, 0.2) is 48.5 Å². The van der Waals surface area contributed by atoms with E-state index in [0.717, 1.165) is 11.1 Å². The Labute approximate surface area is 135 Å². The van der Waals surface area contributed by atoms with Crippen LogP contribution in [-0.4, -0.2) is 18.0 Å². The Bertz CT molecular complexity index is 721. The minimum Gasteiger partial charge on any atom is -0.321 e. The molecule has 2 aromatic rings. The van der Waals surface area contributed by atoms with Crippen LogP contribution >= 0.6 is 11.6 Å². The molecular weight excluding hydrogens is 296 g/mol. The molecule has 0 aliphatic heterocycles. The summed E-state index contributed by atoms with van der Waals surface area (Å²) in [6.45, 7) is 1.93. The van der Waals surface area contributed by atoms with Gasteiger partial charge in [0.05, 0.1) is 6.04 Å². The van der Waals surface area contributed by atoms with E-state index >= 15 is 0 Å². The van der Waals surface area contributed by atoms with Crippen LogP contribution in [0.25, 0.3) is 0 Å². The summed E-state index contributed by atoms with van der Waals surface area (Å²) in [5.41, 5.74) is 2.29. The molecule has 0 aliphatic rings. The maximum Gasteiger partial charge on any atom is 0.322 e. The van der Waals surface area contributed by atoms with Crippen molar-refractivity contribution in [1.29, 1.82) is 0 Å². The lowest BCUT2D eigenvalue weighted by Crippen LogP contribution is -2.33. The number of terminal acetylenes is 1. The van der Waals surface area contributed by atoms with Gasteiger partial charge in [0.1, 0.15) is 0 Å². The summed E-state index contributed by atoms with van der Waals surface area (Å²) in [5, 5.41) is 3.48. The molecule has 0 bridgehead atoms. The Kier molecular flexibility index (Phi) is 5.08. The fourth-order valence-electron chi connectivity index (χ4n) is 2.10. The van der Waals surface area contributed by atoms with Crippen LogP contribution in [-0.2, 0) is 0 Å². The van der Waals surface area contributed by atoms with Crippen LogP contribution in [0.2, 0.25) is 5.02 Å². The molecule has 0 aliphatic carbocycles. The van der Waals surface area contributed by atoms with Crippen LogP contribution in [0.1, 0.15) is 24.1 Å². The molecule has 22 heavy (non-hydrogen) atoms. The van der Waals surface area contributed by atoms with Gasteiger partial charge in [0, 0.05) is 23.3 Å². The smallest absolute Gasteiger partial charge is 0.321 e. The first kappa shape index (κ1) is 15.9. The molecule has 2 amide bonds. The summed E-state index contributed by atoms with van der Waals surface area (Å²) < 4.78 is 0. The Hall–Kier alpha value is -2.44. The van der Waals surface area contributed by atoms with Crippen molar-refractivity contribution in [2.45, 2.75) is 13.0 Å². The summed E-state index contributed by atoms with van der Waals surface area (Å²) in [4.78, 5) is 14.0. The monoisotopic (exact) mass is 312 g/mol. The number of nitrogens with one attached hydrogen (secondary N) is 1. The number of benzene rings is 2. The summed E-state index contributed by atoms with van der Waals surface area (Å²) in [5.74, 6) is 2.54. The number of amides is 2. The van der Waals surface area contributed by atoms with Crippen molar-refractivity contribution in [3.8, 4) is 12.3 Å². The van der Waals surface area contributed by atoms with E-state index in [1.807, 2.05) is 43.3 Å². The topological polar surface area (TPSA) is 32.3 Å². The maximum atomic E-state index is 12.4. The van der Waals surface area contributed by atoms with Crippen molar-refractivity contribution in [3.05, 3.63) is 64.7 Å². The van der Waals surface area contributed by atoms with Gasteiger partial charge < -0.3 is 10.2 Å². The van der Waals surface area contributed by atoms with Gasteiger partial charge in [0.15, 0.2) is 0 Å². The number of carbonyl (C=O) groups excluding carboxylic acids is 1. The fourth-order valence-corrected chi connectivity index (χ4v) is 2.39. The number of rotatable bonds is 3. The molecule has 0 fully saturated rings. The van der Waals surface area contributed by atoms with Gasteiger partial charge in [-0.1, -0.05) is 41.8 Å². The first-order valence-electron chi connectivity index (χ1n) is 6.88. The SMILES string of the molecule is C#Cc1cccc(NC(=O)N(C)C(C)c2ccccc2Cl)c1. The number of hydrogen-bond donors (Lipinski definition) is 1. The van der Waals surface area contributed by atoms with Crippen molar-refractivity contribution >= 4 is 23.3 Å². The van der Waals surface area contributed by atoms with E-state index in [4.69, 9.17) is 18.0 Å². The Morgan fingerprint density at radius 1 is 1.27 bits per heavy atom. The third-order valence-corrected chi connectivity index (χ3v) is 3.88. The molecule has 1 unspecified atom stereocenters. The van der Waals surface area contributed by atoms with Gasteiger partial charge in [-0.3, -0.25) is 0 Å². The Morgan fingerprint density at radius 2 is 2.00 bits per heavy atom. The zero-order chi connectivity index (χ0) is 16.1. The first-order chi connectivity index (χ1) is 10.5. The lowest BCUT2D eigenvalue weighted by Gasteiger charge is -2.26. The minimum atomic E-state index is -0.221. The largest absolute Gasteiger partial charge is 0.322 e. The second kappa shape index (κ2) is 7.02. The highest BCUT2D eigenvalue weighted by atomic mass is 35.5. The third-order valence-electron chi connectivity index (χ3n) is 3.54. The second-order valence-electron chi connectivity index (χ2n) is 4.96. The molecule has 3 nitrogen and oxygen atoms in total. The van der Waals surface area contributed by atoms with Gasteiger partial charge >= 0.3 is 6.03 Å². The van der Waals surface area contributed by atoms with E-state index in [-0.39, 0.29) is 12.1 Å². The molecule has 0 spiro atoms. The van der Waals surface area contributed by atoms with Gasteiger partial charge in [-0.25, -0.2) is 4.79 Å². The van der Waals surface area contributed by atoms with Crippen molar-refractivity contribution < 1.29 is 4.79 Å². The van der Waals surface area contributed by atoms with Gasteiger partial charge in [-0.05, 0) is 36.8 Å². The molecule has 4 heteroatoms. The average Bonchev–Trinajstić information content (AvgIpc) is 2.54. The van der Waals surface area contributed by atoms with E-state index in [1.54, 1.807) is 24.1 Å². The van der Waals surface area contributed by atoms with Crippen molar-refractivity contribution in [2.75, 3.05) is 12.4 Å². The Balaban J connectivity index is 2.12. The van der Waals surface area contributed by atoms with E-state index in [0.29, 0.717) is 10.7 Å². The molecular formula is C18H17ClN2O. The van der Waals surface area contributed by atoms with Gasteiger partial charge in [0.2, 0.25) is 0 Å². The zero-order valence-electron chi connectivity index (χ0n) is 12.5. The summed E-state index contributed by atoms with van der Waals surface area (Å²) >= 11 is 6.19. The quantitative estimate of drug-likeness (QED) is 0.829. The molecule has 1 N–H and O–H groups in total. The summed E-state index contributed by atoms with van der Waals surface area (Å²) in [6.07, 6.45) is 5.36. The maximum absolute atomic E-state index is 12.4. The molecule has 2 rings (SSSR count). The molecule has 112 valence electrons. The fraction of sp³-hybridized carbons (Fsp3) is 0.167. The van der Waals surface area contributed by atoms with Crippen LogP contribution in [0.5, 0.6) is 0 Å². The second-order valence-corrected chi connectivity index (χ2v) is 5.37. The molecule has 2 aromatic carbocycles. The molecule has 0 saturated heterocycles. The van der Waals surface area contributed by atoms with E-state index in [2.05, 4.69) is 11.2 Å². The molecule has 0 saturated carbocycles. The van der Waals surface area contributed by atoms with E-state index in [1.165, 1.54) is 0 Å². The van der Waals surface area contributed by atoms with E-state index < -0.39 is 0 Å². The Morgan fingerprint density at radius 3 is 2.68 bits per heavy atom. The highest BCUT2D eigenvalue weighted by Crippen LogP contribution is 2.26. The molecule has 0 heterocycles. The highest BCUT2D eigenvalue weighted by Gasteiger charge is 2.19. The number of anilines is 1. The summed E-state index contributed by atoms with van der Waals surface area (Å²) in [7, 11) is 1.73. The highest BCUT2D eigenvalue weighted by molar-refractivity contribution is 6.31. The van der Waals surface area contributed by atoms with Crippen LogP contribution in [0.3, 0.4) is 0 Å². The first-order valence-corrected chi connectivity index (χ1v) is 7.25. The van der Waals surface area contributed by atoms with Gasteiger partial charge in [0.25, 0.3) is 0 Å². The van der Waals surface area contributed by atoms with Gasteiger partial charge in [-0.2, -0.15) is 0 Å². The number of halogens is 1. The van der Waals surface area contributed by atoms with Crippen molar-refractivity contribution in [3.63, 3.8) is 0 Å². The van der Waals surface area contributed by atoms with Crippen LogP contribution in [0, 0.1) is 12.3 Å². The normalized spacial score (nSPS) is 11.4.